The number of ether oxygens (including phenoxy) is 1. The van der Waals surface area contributed by atoms with E-state index >= 15 is 0 Å². The van der Waals surface area contributed by atoms with Crippen molar-refractivity contribution in [1.29, 1.82) is 0 Å². The fourth-order valence-corrected chi connectivity index (χ4v) is 7.31. The van der Waals surface area contributed by atoms with Gasteiger partial charge in [-0.05, 0) is 78.3 Å². The van der Waals surface area contributed by atoms with Crippen LogP contribution in [0.4, 0.5) is 5.82 Å². The summed E-state index contributed by atoms with van der Waals surface area (Å²) in [5.74, 6) is 0.746. The quantitative estimate of drug-likeness (QED) is 0.544. The molecule has 6 rings (SSSR count). The number of aromatic nitrogens is 2. The zero-order valence-corrected chi connectivity index (χ0v) is 22.9. The molecule has 38 heavy (non-hydrogen) atoms. The molecular weight excluding hydrogens is 480 g/mol. The summed E-state index contributed by atoms with van der Waals surface area (Å²) in [6, 6.07) is 2.36. The lowest BCUT2D eigenvalue weighted by atomic mass is 9.64. The van der Waals surface area contributed by atoms with Crippen LogP contribution in [0.3, 0.4) is 0 Å². The number of carbonyl (C=O) groups excluding carboxylic acids is 2. The van der Waals surface area contributed by atoms with Gasteiger partial charge in [0, 0.05) is 55.0 Å². The highest BCUT2D eigenvalue weighted by Crippen LogP contribution is 2.47. The van der Waals surface area contributed by atoms with Gasteiger partial charge in [-0.25, -0.2) is 0 Å². The smallest absolute Gasteiger partial charge is 0.319 e. The van der Waals surface area contributed by atoms with E-state index in [-0.39, 0.29) is 29.2 Å². The van der Waals surface area contributed by atoms with Gasteiger partial charge in [0.25, 0.3) is 0 Å². The van der Waals surface area contributed by atoms with Crippen LogP contribution >= 0.6 is 0 Å². The lowest BCUT2D eigenvalue weighted by Crippen LogP contribution is -2.52. The Kier molecular flexibility index (Phi) is 6.71. The molecule has 0 aromatic carbocycles. The van der Waals surface area contributed by atoms with Crippen molar-refractivity contribution in [2.24, 2.45) is 11.1 Å². The van der Waals surface area contributed by atoms with E-state index in [4.69, 9.17) is 15.5 Å². The zero-order valence-electron chi connectivity index (χ0n) is 22.9. The highest BCUT2D eigenvalue weighted by molar-refractivity contribution is 6.09. The van der Waals surface area contributed by atoms with Crippen molar-refractivity contribution in [3.8, 4) is 6.01 Å². The number of nitrogens with one attached hydrogen (secondary N) is 1. The van der Waals surface area contributed by atoms with Crippen LogP contribution in [-0.2, 0) is 4.79 Å². The molecule has 9 heteroatoms. The number of nitrogens with two attached hydrogens (primary N) is 1. The molecule has 206 valence electrons. The molecule has 9 nitrogen and oxygen atoms in total. The van der Waals surface area contributed by atoms with E-state index in [1.165, 1.54) is 0 Å². The van der Waals surface area contributed by atoms with Crippen molar-refractivity contribution < 1.29 is 14.3 Å². The molecule has 0 amide bonds. The number of anilines is 1. The standard InChI is InChI=1S/C29H42N6O3/c1-19(22-8-6-15-34(22)2)38-27-32-21(17-24(33-27)35-16-14-31-28(18-35)12-13-28)25(37)20-7-5-11-29(26(20)30)10-4-3-9-23(29)36/h17,19,22,31H,3-16,18,30H2,1-2H3/t19-,22-,29+/m0/s1. The second kappa shape index (κ2) is 9.90. The highest BCUT2D eigenvalue weighted by atomic mass is 16.5. The Balaban J connectivity index is 1.34. The lowest BCUT2D eigenvalue weighted by molar-refractivity contribution is -0.129. The number of carbonyl (C=O) groups is 2. The summed E-state index contributed by atoms with van der Waals surface area (Å²) in [6.07, 6.45) is 9.74. The van der Waals surface area contributed by atoms with Crippen molar-refractivity contribution in [1.82, 2.24) is 20.2 Å². The summed E-state index contributed by atoms with van der Waals surface area (Å²) < 4.78 is 6.34. The number of hydrogen-bond donors (Lipinski definition) is 2. The molecule has 0 unspecified atom stereocenters. The van der Waals surface area contributed by atoms with Crippen LogP contribution < -0.4 is 20.7 Å². The maximum atomic E-state index is 14.0. The normalized spacial score (nSPS) is 30.2. The zero-order chi connectivity index (χ0) is 26.5. The molecule has 0 bridgehead atoms. The largest absolute Gasteiger partial charge is 0.459 e. The SMILES string of the molecule is C[C@H](Oc1nc(C(=O)C2=C(N)[C@]3(CCCCC3=O)CCC2)cc(N2CCNC3(CC3)C2)n1)[C@@H]1CCCN1C. The van der Waals surface area contributed by atoms with Gasteiger partial charge in [0.1, 0.15) is 23.4 Å². The Hall–Kier alpha value is -2.52. The molecule has 1 aromatic rings. The van der Waals surface area contributed by atoms with Crippen LogP contribution in [0.15, 0.2) is 17.3 Å². The van der Waals surface area contributed by atoms with E-state index < -0.39 is 5.41 Å². The van der Waals surface area contributed by atoms with Gasteiger partial charge in [-0.3, -0.25) is 14.5 Å². The topological polar surface area (TPSA) is 114 Å². The first-order chi connectivity index (χ1) is 18.3. The van der Waals surface area contributed by atoms with Crippen molar-refractivity contribution in [3.63, 3.8) is 0 Å². The first kappa shape index (κ1) is 25.7. The van der Waals surface area contributed by atoms with Crippen LogP contribution in [0.2, 0.25) is 0 Å². The number of Topliss-reactive ketones (excluding diaryl/α,β-unsaturated/α-hetero) is 2. The first-order valence-electron chi connectivity index (χ1n) is 14.6. The predicted octanol–water partition coefficient (Wildman–Crippen LogP) is 2.99. The van der Waals surface area contributed by atoms with E-state index in [1.54, 1.807) is 0 Å². The molecule has 4 fully saturated rings. The Morgan fingerprint density at radius 2 is 1.95 bits per heavy atom. The minimum absolute atomic E-state index is 0.0967. The highest BCUT2D eigenvalue weighted by Gasteiger charge is 2.47. The molecule has 2 saturated heterocycles. The average Bonchev–Trinajstić information content (AvgIpc) is 3.51. The van der Waals surface area contributed by atoms with Crippen molar-refractivity contribution in [3.05, 3.63) is 23.0 Å². The number of hydrogen-bond acceptors (Lipinski definition) is 9. The monoisotopic (exact) mass is 522 g/mol. The molecule has 0 radical (unpaired) electrons. The summed E-state index contributed by atoms with van der Waals surface area (Å²) >= 11 is 0. The second-order valence-corrected chi connectivity index (χ2v) is 12.3. The van der Waals surface area contributed by atoms with Crippen molar-refractivity contribution in [2.45, 2.75) is 95.2 Å². The number of rotatable bonds is 6. The Bertz CT molecular complexity index is 1150. The van der Waals surface area contributed by atoms with E-state index in [1.807, 2.05) is 6.07 Å². The molecular formula is C29H42N6O3. The number of allylic oxidation sites excluding steroid dienone is 2. The van der Waals surface area contributed by atoms with Crippen LogP contribution in [0.5, 0.6) is 6.01 Å². The van der Waals surface area contributed by atoms with Gasteiger partial charge < -0.3 is 20.7 Å². The first-order valence-corrected chi connectivity index (χ1v) is 14.6. The van der Waals surface area contributed by atoms with Crippen molar-refractivity contribution in [2.75, 3.05) is 38.1 Å². The molecule has 2 spiro atoms. The predicted molar refractivity (Wildman–Crippen MR) is 145 cm³/mol. The average molecular weight is 523 g/mol. The van der Waals surface area contributed by atoms with Crippen LogP contribution in [0, 0.1) is 5.41 Å². The number of piperazine rings is 1. The Labute approximate surface area is 225 Å². The number of nitrogens with zero attached hydrogens (tertiary/aromatic N) is 4. The molecule has 3 N–H and O–H groups in total. The third kappa shape index (κ3) is 4.62. The van der Waals surface area contributed by atoms with E-state index in [2.05, 4.69) is 34.1 Å². The summed E-state index contributed by atoms with van der Waals surface area (Å²) in [7, 11) is 2.13. The van der Waals surface area contributed by atoms with Gasteiger partial charge in [-0.15, -0.1) is 0 Å². The Morgan fingerprint density at radius 3 is 2.68 bits per heavy atom. The van der Waals surface area contributed by atoms with Gasteiger partial charge in [0.15, 0.2) is 0 Å². The Morgan fingerprint density at radius 1 is 1.13 bits per heavy atom. The van der Waals surface area contributed by atoms with Gasteiger partial charge in [0.2, 0.25) is 5.78 Å². The van der Waals surface area contributed by atoms with Gasteiger partial charge in [-0.1, -0.05) is 6.42 Å². The van der Waals surface area contributed by atoms with Crippen LogP contribution in [-0.4, -0.2) is 77.3 Å². The second-order valence-electron chi connectivity index (χ2n) is 12.3. The third-order valence-corrected chi connectivity index (χ3v) is 9.82. The molecule has 2 aliphatic heterocycles. The fraction of sp³-hybridized carbons (Fsp3) is 0.724. The summed E-state index contributed by atoms with van der Waals surface area (Å²) in [5, 5.41) is 3.65. The van der Waals surface area contributed by atoms with E-state index in [0.717, 1.165) is 89.8 Å². The maximum absolute atomic E-state index is 14.0. The van der Waals surface area contributed by atoms with Crippen LogP contribution in [0.1, 0.15) is 88.0 Å². The lowest BCUT2D eigenvalue weighted by Gasteiger charge is -2.40. The molecule has 2 saturated carbocycles. The van der Waals surface area contributed by atoms with Crippen molar-refractivity contribution >= 4 is 17.4 Å². The third-order valence-electron chi connectivity index (χ3n) is 9.82. The van der Waals surface area contributed by atoms with Gasteiger partial charge in [0.05, 0.1) is 5.41 Å². The minimum Gasteiger partial charge on any atom is -0.459 e. The van der Waals surface area contributed by atoms with E-state index in [0.29, 0.717) is 35.8 Å². The molecule has 5 aliphatic rings. The summed E-state index contributed by atoms with van der Waals surface area (Å²) in [4.78, 5) is 41.1. The van der Waals surface area contributed by atoms with E-state index in [9.17, 15) is 9.59 Å². The summed E-state index contributed by atoms with van der Waals surface area (Å²) in [5.41, 5.74) is 7.56. The summed E-state index contributed by atoms with van der Waals surface area (Å²) in [6.45, 7) is 5.68. The van der Waals surface area contributed by atoms with Gasteiger partial charge >= 0.3 is 6.01 Å². The molecule has 3 heterocycles. The molecule has 3 atom stereocenters. The number of likely N-dealkylation sites (N-methyl/N-ethyl adjacent to an activating group) is 1. The molecule has 1 aromatic heterocycles. The fourth-order valence-electron chi connectivity index (χ4n) is 7.31. The van der Waals surface area contributed by atoms with Crippen LogP contribution in [0.25, 0.3) is 0 Å². The maximum Gasteiger partial charge on any atom is 0.319 e. The number of ketones is 2. The number of likely N-dealkylation sites (tertiary alicyclic amines) is 1. The van der Waals surface area contributed by atoms with Gasteiger partial charge in [-0.2, -0.15) is 9.97 Å². The minimum atomic E-state index is -0.671. The molecule has 3 aliphatic carbocycles.